The minimum Gasteiger partial charge on any atom is -0.339 e. The van der Waals surface area contributed by atoms with Crippen molar-refractivity contribution in [2.24, 2.45) is 0 Å². The molecule has 4 aromatic rings. The predicted molar refractivity (Wildman–Crippen MR) is 109 cm³/mol. The van der Waals surface area contributed by atoms with Crippen LogP contribution in [0.25, 0.3) is 10.9 Å². The Hall–Kier alpha value is -3.73. The highest BCUT2D eigenvalue weighted by Gasteiger charge is 2.23. The SMILES string of the molecule is O=c1[nH]ncc2ncnc(Nc3ccc(CN4CCC(c5nn[nH]n5)CC4)cc3)c12. The number of aromatic nitrogens is 8. The second kappa shape index (κ2) is 7.95. The number of tetrazole rings is 1. The van der Waals surface area contributed by atoms with E-state index in [1.54, 1.807) is 0 Å². The van der Waals surface area contributed by atoms with Crippen LogP contribution in [0.15, 0.2) is 41.6 Å². The molecule has 1 aliphatic rings. The Kier molecular flexibility index (Phi) is 4.85. The van der Waals surface area contributed by atoms with E-state index in [0.29, 0.717) is 22.6 Å². The molecule has 0 saturated carbocycles. The Morgan fingerprint density at radius 2 is 1.97 bits per heavy atom. The first-order valence-electron chi connectivity index (χ1n) is 9.76. The minimum absolute atomic E-state index is 0.323. The lowest BCUT2D eigenvalue weighted by Gasteiger charge is -2.30. The van der Waals surface area contributed by atoms with E-state index in [0.717, 1.165) is 44.0 Å². The van der Waals surface area contributed by atoms with E-state index in [1.807, 2.05) is 12.1 Å². The molecule has 1 fully saturated rings. The first-order chi connectivity index (χ1) is 14.8. The fourth-order valence-corrected chi connectivity index (χ4v) is 3.80. The van der Waals surface area contributed by atoms with Crippen LogP contribution in [-0.4, -0.2) is 58.8 Å². The molecule has 0 unspecified atom stereocenters. The molecule has 0 spiro atoms. The van der Waals surface area contributed by atoms with Gasteiger partial charge in [0, 0.05) is 18.2 Å². The van der Waals surface area contributed by atoms with Crippen molar-refractivity contribution in [3.63, 3.8) is 0 Å². The zero-order valence-electron chi connectivity index (χ0n) is 16.1. The second-order valence-electron chi connectivity index (χ2n) is 7.32. The van der Waals surface area contributed by atoms with Crippen molar-refractivity contribution in [3.05, 3.63) is 58.5 Å². The van der Waals surface area contributed by atoms with Crippen molar-refractivity contribution < 1.29 is 0 Å². The van der Waals surface area contributed by atoms with Gasteiger partial charge in [0.1, 0.15) is 23.0 Å². The molecule has 3 N–H and O–H groups in total. The number of nitrogens with one attached hydrogen (secondary N) is 3. The number of piperidine rings is 1. The van der Waals surface area contributed by atoms with E-state index in [1.165, 1.54) is 18.1 Å². The fourth-order valence-electron chi connectivity index (χ4n) is 3.80. The topological polar surface area (TPSA) is 141 Å². The van der Waals surface area contributed by atoms with Gasteiger partial charge in [0.25, 0.3) is 5.56 Å². The quantitative estimate of drug-likeness (QED) is 0.449. The van der Waals surface area contributed by atoms with Crippen molar-refractivity contribution in [2.45, 2.75) is 25.3 Å². The molecule has 0 bridgehead atoms. The van der Waals surface area contributed by atoms with Gasteiger partial charge in [-0.05, 0) is 43.6 Å². The third kappa shape index (κ3) is 3.74. The molecule has 152 valence electrons. The van der Waals surface area contributed by atoms with Crippen molar-refractivity contribution in [3.8, 4) is 0 Å². The molecule has 0 aliphatic carbocycles. The number of benzene rings is 1. The normalized spacial score (nSPS) is 15.5. The summed E-state index contributed by atoms with van der Waals surface area (Å²) in [5, 5.41) is 24.2. The van der Waals surface area contributed by atoms with Gasteiger partial charge in [-0.2, -0.15) is 10.3 Å². The number of aromatic amines is 2. The van der Waals surface area contributed by atoms with Crippen molar-refractivity contribution in [2.75, 3.05) is 18.4 Å². The van der Waals surface area contributed by atoms with Gasteiger partial charge in [0.15, 0.2) is 5.82 Å². The zero-order chi connectivity index (χ0) is 20.3. The van der Waals surface area contributed by atoms with Gasteiger partial charge < -0.3 is 5.32 Å². The molecule has 11 nitrogen and oxygen atoms in total. The summed E-state index contributed by atoms with van der Waals surface area (Å²) in [6.07, 6.45) is 4.99. The molecule has 0 atom stereocenters. The van der Waals surface area contributed by atoms with E-state index in [4.69, 9.17) is 0 Å². The molecule has 5 rings (SSSR count). The van der Waals surface area contributed by atoms with E-state index >= 15 is 0 Å². The summed E-state index contributed by atoms with van der Waals surface area (Å²) >= 11 is 0. The number of hydrogen-bond acceptors (Lipinski definition) is 9. The average molecular weight is 404 g/mol. The van der Waals surface area contributed by atoms with Crippen molar-refractivity contribution >= 4 is 22.4 Å². The Morgan fingerprint density at radius 3 is 2.73 bits per heavy atom. The fraction of sp³-hybridized carbons (Fsp3) is 0.316. The number of hydrogen-bond donors (Lipinski definition) is 3. The second-order valence-corrected chi connectivity index (χ2v) is 7.32. The lowest BCUT2D eigenvalue weighted by Crippen LogP contribution is -2.32. The molecule has 0 amide bonds. The largest absolute Gasteiger partial charge is 0.339 e. The molecule has 3 aromatic heterocycles. The third-order valence-electron chi connectivity index (χ3n) is 5.39. The van der Waals surface area contributed by atoms with Crippen LogP contribution in [-0.2, 0) is 6.54 Å². The molecular formula is C19H20N10O. The molecule has 11 heteroatoms. The van der Waals surface area contributed by atoms with Gasteiger partial charge >= 0.3 is 0 Å². The lowest BCUT2D eigenvalue weighted by atomic mass is 9.96. The number of fused-ring (bicyclic) bond motifs is 1. The Morgan fingerprint density at radius 1 is 1.13 bits per heavy atom. The summed E-state index contributed by atoms with van der Waals surface area (Å²) < 4.78 is 0. The molecule has 1 aliphatic heterocycles. The summed E-state index contributed by atoms with van der Waals surface area (Å²) in [4.78, 5) is 22.8. The van der Waals surface area contributed by atoms with Gasteiger partial charge in [-0.25, -0.2) is 15.1 Å². The molecule has 1 saturated heterocycles. The number of rotatable bonds is 5. The molecular weight excluding hydrogens is 384 g/mol. The highest BCUT2D eigenvalue weighted by atomic mass is 16.1. The van der Waals surface area contributed by atoms with Crippen LogP contribution in [0.5, 0.6) is 0 Å². The summed E-state index contributed by atoms with van der Waals surface area (Å²) in [7, 11) is 0. The Bertz CT molecular complexity index is 1170. The minimum atomic E-state index is -0.323. The molecule has 1 aromatic carbocycles. The predicted octanol–water partition coefficient (Wildman–Crippen LogP) is 1.35. The Balaban J connectivity index is 1.23. The van der Waals surface area contributed by atoms with E-state index in [-0.39, 0.29) is 5.56 Å². The number of nitrogens with zero attached hydrogens (tertiary/aromatic N) is 7. The maximum Gasteiger partial charge on any atom is 0.277 e. The van der Waals surface area contributed by atoms with Crippen LogP contribution < -0.4 is 10.9 Å². The van der Waals surface area contributed by atoms with Crippen LogP contribution >= 0.6 is 0 Å². The van der Waals surface area contributed by atoms with Gasteiger partial charge in [0.05, 0.1) is 6.20 Å². The van der Waals surface area contributed by atoms with E-state index < -0.39 is 0 Å². The van der Waals surface area contributed by atoms with E-state index in [2.05, 4.69) is 63.1 Å². The first-order valence-corrected chi connectivity index (χ1v) is 9.76. The Labute approximate surface area is 171 Å². The van der Waals surface area contributed by atoms with E-state index in [9.17, 15) is 4.79 Å². The van der Waals surface area contributed by atoms with Crippen LogP contribution in [0, 0.1) is 0 Å². The highest BCUT2D eigenvalue weighted by Crippen LogP contribution is 2.26. The van der Waals surface area contributed by atoms with Gasteiger partial charge in [-0.15, -0.1) is 10.2 Å². The maximum absolute atomic E-state index is 12.1. The van der Waals surface area contributed by atoms with Crippen LogP contribution in [0.2, 0.25) is 0 Å². The van der Waals surface area contributed by atoms with Crippen LogP contribution in [0.3, 0.4) is 0 Å². The summed E-state index contributed by atoms with van der Waals surface area (Å²) in [6.45, 7) is 2.90. The summed E-state index contributed by atoms with van der Waals surface area (Å²) in [5.74, 6) is 1.66. The van der Waals surface area contributed by atoms with Gasteiger partial charge in [-0.3, -0.25) is 9.69 Å². The van der Waals surface area contributed by atoms with Crippen molar-refractivity contribution in [1.82, 2.24) is 45.7 Å². The summed E-state index contributed by atoms with van der Waals surface area (Å²) in [6, 6.07) is 8.15. The number of likely N-dealkylation sites (tertiary alicyclic amines) is 1. The maximum atomic E-state index is 12.1. The molecule has 4 heterocycles. The third-order valence-corrected chi connectivity index (χ3v) is 5.39. The van der Waals surface area contributed by atoms with Crippen molar-refractivity contribution in [1.29, 1.82) is 0 Å². The molecule has 0 radical (unpaired) electrons. The standard InChI is InChI=1S/C19H20N10O/c30-19-16-15(9-22-26-19)20-11-21-18(16)23-14-3-1-12(2-4-14)10-29-7-5-13(6-8-29)17-24-27-28-25-17/h1-4,9,11,13H,5-8,10H2,(H,26,30)(H,20,21,23)(H,24,25,27,28). The zero-order valence-corrected chi connectivity index (χ0v) is 16.1. The monoisotopic (exact) mass is 404 g/mol. The first kappa shape index (κ1) is 18.3. The van der Waals surface area contributed by atoms with Gasteiger partial charge in [0.2, 0.25) is 0 Å². The summed E-state index contributed by atoms with van der Waals surface area (Å²) in [5.41, 5.74) is 2.26. The average Bonchev–Trinajstić information content (AvgIpc) is 3.31. The highest BCUT2D eigenvalue weighted by molar-refractivity contribution is 5.88. The molecule has 30 heavy (non-hydrogen) atoms. The van der Waals surface area contributed by atoms with Gasteiger partial charge in [-0.1, -0.05) is 17.3 Å². The van der Waals surface area contributed by atoms with Crippen LogP contribution in [0.1, 0.15) is 30.1 Å². The van der Waals surface area contributed by atoms with Crippen LogP contribution in [0.4, 0.5) is 11.5 Å². The smallest absolute Gasteiger partial charge is 0.277 e. The number of H-pyrrole nitrogens is 2. The lowest BCUT2D eigenvalue weighted by molar-refractivity contribution is 0.201. The number of anilines is 2.